The third kappa shape index (κ3) is 1.70. The molecule has 0 amide bonds. The van der Waals surface area contributed by atoms with Crippen molar-refractivity contribution >= 4 is 22.9 Å². The van der Waals surface area contributed by atoms with Crippen molar-refractivity contribution in [3.8, 4) is 0 Å². The summed E-state index contributed by atoms with van der Waals surface area (Å²) < 4.78 is 2.41. The molecule has 2 nitrogen and oxygen atoms in total. The lowest BCUT2D eigenvalue weighted by atomic mass is 9.99. The van der Waals surface area contributed by atoms with Gasteiger partial charge in [0.15, 0.2) is 0 Å². The second kappa shape index (κ2) is 3.18. The van der Waals surface area contributed by atoms with Crippen LogP contribution in [0.5, 0.6) is 0 Å². The van der Waals surface area contributed by atoms with Crippen molar-refractivity contribution in [3.05, 3.63) is 0 Å². The Morgan fingerprint density at radius 2 is 2.00 bits per heavy atom. The van der Waals surface area contributed by atoms with E-state index in [-0.39, 0.29) is 0 Å². The molecule has 2 fully saturated rings. The molecular formula is C8H15IN2. The molecule has 64 valence electrons. The number of likely N-dealkylation sites (tertiary alicyclic amines) is 1. The maximum absolute atomic E-state index is 2.63. The molecule has 2 heterocycles. The number of halogens is 1. The van der Waals surface area contributed by atoms with Gasteiger partial charge in [-0.05, 0) is 12.3 Å². The van der Waals surface area contributed by atoms with E-state index in [1.807, 2.05) is 0 Å². The molecule has 2 rings (SSSR count). The summed E-state index contributed by atoms with van der Waals surface area (Å²) in [5.74, 6) is 0.957. The summed E-state index contributed by atoms with van der Waals surface area (Å²) in [6, 6.07) is 0.878. The van der Waals surface area contributed by atoms with Crippen LogP contribution in [-0.4, -0.2) is 40.2 Å². The predicted molar refractivity (Wildman–Crippen MR) is 54.7 cm³/mol. The Kier molecular flexibility index (Phi) is 2.39. The third-order valence-electron chi connectivity index (χ3n) is 2.72. The third-order valence-corrected chi connectivity index (χ3v) is 3.60. The fraction of sp³-hybridized carbons (Fsp3) is 1.00. The number of hydrogen-bond donors (Lipinski definition) is 0. The van der Waals surface area contributed by atoms with Gasteiger partial charge in [-0.15, -0.1) is 0 Å². The van der Waals surface area contributed by atoms with Crippen molar-refractivity contribution in [2.75, 3.05) is 26.2 Å². The average molecular weight is 266 g/mol. The first kappa shape index (κ1) is 8.26. The van der Waals surface area contributed by atoms with Gasteiger partial charge in [0.2, 0.25) is 0 Å². The smallest absolute Gasteiger partial charge is 0.0244 e. The summed E-state index contributed by atoms with van der Waals surface area (Å²) in [5, 5.41) is 0. The van der Waals surface area contributed by atoms with Crippen LogP contribution in [0.1, 0.15) is 13.3 Å². The van der Waals surface area contributed by atoms with Gasteiger partial charge in [0.25, 0.3) is 0 Å². The van der Waals surface area contributed by atoms with Gasteiger partial charge in [0.05, 0.1) is 0 Å². The molecule has 0 aromatic rings. The summed E-state index contributed by atoms with van der Waals surface area (Å²) in [4.78, 5) is 2.63. The summed E-state index contributed by atoms with van der Waals surface area (Å²) in [6.07, 6.45) is 1.38. The highest BCUT2D eigenvalue weighted by atomic mass is 127. The zero-order chi connectivity index (χ0) is 7.84. The lowest BCUT2D eigenvalue weighted by Crippen LogP contribution is -2.51. The van der Waals surface area contributed by atoms with Gasteiger partial charge in [-0.3, -0.25) is 4.90 Å². The highest BCUT2D eigenvalue weighted by molar-refractivity contribution is 14.1. The molecule has 0 saturated carbocycles. The van der Waals surface area contributed by atoms with Gasteiger partial charge < -0.3 is 0 Å². The van der Waals surface area contributed by atoms with Crippen molar-refractivity contribution in [2.45, 2.75) is 19.4 Å². The molecule has 0 spiro atoms. The molecule has 11 heavy (non-hydrogen) atoms. The SMILES string of the molecule is CC1CN([C@H]2CCN(I)C2)C1. The topological polar surface area (TPSA) is 6.48 Å². The van der Waals surface area contributed by atoms with Crippen molar-refractivity contribution < 1.29 is 0 Å². The fourth-order valence-electron chi connectivity index (χ4n) is 2.04. The van der Waals surface area contributed by atoms with Gasteiger partial charge >= 0.3 is 0 Å². The highest BCUT2D eigenvalue weighted by Gasteiger charge is 2.33. The minimum Gasteiger partial charge on any atom is -0.298 e. The quantitative estimate of drug-likeness (QED) is 0.522. The van der Waals surface area contributed by atoms with Gasteiger partial charge in [0.1, 0.15) is 0 Å². The van der Waals surface area contributed by atoms with Crippen LogP contribution in [-0.2, 0) is 0 Å². The maximum Gasteiger partial charge on any atom is 0.0244 e. The minimum atomic E-state index is 0.878. The normalized spacial score (nSPS) is 36.0. The van der Waals surface area contributed by atoms with Gasteiger partial charge in [0, 0.05) is 55.1 Å². The Balaban J connectivity index is 1.79. The standard InChI is InChI=1S/C8H15IN2/c1-7-4-10(5-7)8-2-3-11(9)6-8/h7-8H,2-6H2,1H3/t8-/m0/s1. The second-order valence-corrected chi connectivity index (χ2v) is 5.23. The first-order valence-corrected chi connectivity index (χ1v) is 5.37. The van der Waals surface area contributed by atoms with Gasteiger partial charge in [-0.1, -0.05) is 6.92 Å². The maximum atomic E-state index is 2.63. The van der Waals surface area contributed by atoms with Crippen molar-refractivity contribution in [2.24, 2.45) is 5.92 Å². The van der Waals surface area contributed by atoms with Gasteiger partial charge in [-0.25, -0.2) is 3.11 Å². The first-order chi connectivity index (χ1) is 5.25. The molecule has 2 aliphatic heterocycles. The van der Waals surface area contributed by atoms with Crippen LogP contribution >= 0.6 is 22.9 Å². The summed E-state index contributed by atoms with van der Waals surface area (Å²) >= 11 is 2.43. The van der Waals surface area contributed by atoms with Crippen molar-refractivity contribution in [1.82, 2.24) is 8.01 Å². The van der Waals surface area contributed by atoms with Crippen LogP contribution in [0.4, 0.5) is 0 Å². The molecular weight excluding hydrogens is 251 g/mol. The Morgan fingerprint density at radius 1 is 1.27 bits per heavy atom. The Morgan fingerprint density at radius 3 is 2.45 bits per heavy atom. The van der Waals surface area contributed by atoms with Crippen molar-refractivity contribution in [3.63, 3.8) is 0 Å². The van der Waals surface area contributed by atoms with Crippen LogP contribution in [0.2, 0.25) is 0 Å². The van der Waals surface area contributed by atoms with E-state index in [4.69, 9.17) is 0 Å². The van der Waals surface area contributed by atoms with Gasteiger partial charge in [-0.2, -0.15) is 0 Å². The summed E-state index contributed by atoms with van der Waals surface area (Å²) in [7, 11) is 0. The van der Waals surface area contributed by atoms with Crippen LogP contribution in [0.25, 0.3) is 0 Å². The Bertz CT molecular complexity index is 145. The Hall–Kier alpha value is 0.650. The molecule has 0 aliphatic carbocycles. The minimum absolute atomic E-state index is 0.878. The number of nitrogens with zero attached hydrogens (tertiary/aromatic N) is 2. The molecule has 0 bridgehead atoms. The van der Waals surface area contributed by atoms with E-state index in [0.29, 0.717) is 0 Å². The number of hydrogen-bond acceptors (Lipinski definition) is 2. The predicted octanol–water partition coefficient (Wildman–Crippen LogP) is 1.36. The molecule has 2 aliphatic rings. The lowest BCUT2D eigenvalue weighted by Gasteiger charge is -2.41. The van der Waals surface area contributed by atoms with E-state index >= 15 is 0 Å². The first-order valence-electron chi connectivity index (χ1n) is 4.40. The van der Waals surface area contributed by atoms with E-state index in [1.165, 1.54) is 32.6 Å². The van der Waals surface area contributed by atoms with E-state index in [1.54, 1.807) is 0 Å². The summed E-state index contributed by atoms with van der Waals surface area (Å²) in [6.45, 7) is 7.60. The molecule has 1 atom stereocenters. The molecule has 0 N–H and O–H groups in total. The van der Waals surface area contributed by atoms with E-state index < -0.39 is 0 Å². The second-order valence-electron chi connectivity index (χ2n) is 3.87. The van der Waals surface area contributed by atoms with Crippen LogP contribution in [0, 0.1) is 5.92 Å². The Labute approximate surface area is 82.4 Å². The average Bonchev–Trinajstić information content (AvgIpc) is 2.29. The monoisotopic (exact) mass is 266 g/mol. The zero-order valence-electron chi connectivity index (χ0n) is 6.96. The highest BCUT2D eigenvalue weighted by Crippen LogP contribution is 2.25. The molecule has 0 radical (unpaired) electrons. The molecule has 0 unspecified atom stereocenters. The zero-order valence-corrected chi connectivity index (χ0v) is 9.12. The van der Waals surface area contributed by atoms with Crippen LogP contribution < -0.4 is 0 Å². The largest absolute Gasteiger partial charge is 0.298 e. The molecule has 3 heteroatoms. The van der Waals surface area contributed by atoms with Crippen LogP contribution in [0.3, 0.4) is 0 Å². The molecule has 0 aromatic heterocycles. The van der Waals surface area contributed by atoms with E-state index in [0.717, 1.165) is 12.0 Å². The van der Waals surface area contributed by atoms with Crippen LogP contribution in [0.15, 0.2) is 0 Å². The summed E-state index contributed by atoms with van der Waals surface area (Å²) in [5.41, 5.74) is 0. The lowest BCUT2D eigenvalue weighted by molar-refractivity contribution is 0.0695. The van der Waals surface area contributed by atoms with Crippen molar-refractivity contribution in [1.29, 1.82) is 0 Å². The number of rotatable bonds is 1. The molecule has 2 saturated heterocycles. The van der Waals surface area contributed by atoms with E-state index in [9.17, 15) is 0 Å². The van der Waals surface area contributed by atoms with E-state index in [2.05, 4.69) is 37.8 Å². The molecule has 0 aromatic carbocycles. The fourth-order valence-corrected chi connectivity index (χ4v) is 2.78.